The van der Waals surface area contributed by atoms with Gasteiger partial charge in [-0.1, -0.05) is 62.4 Å². The Balaban J connectivity index is 1.46. The number of hydrogen-bond acceptors (Lipinski definition) is 4. The SMILES string of the molecule is CC(C)(C)C(=O)N(Cc1ccccc1)c1nnc(C23CC4CC(CC(C4)C2)C3)s1. The first-order valence-corrected chi connectivity index (χ1v) is 11.8. The van der Waals surface area contributed by atoms with Crippen molar-refractivity contribution in [2.45, 2.75) is 71.3 Å². The Morgan fingerprint density at radius 1 is 1.03 bits per heavy atom. The summed E-state index contributed by atoms with van der Waals surface area (Å²) in [6, 6.07) is 10.2. The molecule has 6 rings (SSSR count). The van der Waals surface area contributed by atoms with E-state index in [0.29, 0.717) is 6.54 Å². The predicted molar refractivity (Wildman–Crippen MR) is 117 cm³/mol. The maximum absolute atomic E-state index is 13.3. The van der Waals surface area contributed by atoms with Crippen LogP contribution >= 0.6 is 11.3 Å². The van der Waals surface area contributed by atoms with Crippen LogP contribution < -0.4 is 4.90 Å². The molecule has 1 aromatic heterocycles. The molecule has 0 unspecified atom stereocenters. The largest absolute Gasteiger partial charge is 0.282 e. The van der Waals surface area contributed by atoms with Crippen molar-refractivity contribution in [1.82, 2.24) is 10.2 Å². The molecule has 1 amide bonds. The Morgan fingerprint density at radius 3 is 2.17 bits per heavy atom. The molecule has 0 spiro atoms. The number of aromatic nitrogens is 2. The molecule has 0 N–H and O–H groups in total. The molecule has 4 saturated carbocycles. The Bertz CT molecular complexity index is 863. The molecule has 2 aromatic rings. The zero-order chi connectivity index (χ0) is 20.2. The van der Waals surface area contributed by atoms with Crippen LogP contribution in [-0.2, 0) is 16.8 Å². The van der Waals surface area contributed by atoms with E-state index in [-0.39, 0.29) is 11.3 Å². The quantitative estimate of drug-likeness (QED) is 0.662. The number of rotatable bonds is 4. The summed E-state index contributed by atoms with van der Waals surface area (Å²) in [5, 5.41) is 11.2. The van der Waals surface area contributed by atoms with Crippen molar-refractivity contribution in [1.29, 1.82) is 0 Å². The van der Waals surface area contributed by atoms with Crippen molar-refractivity contribution >= 4 is 22.4 Å². The molecule has 4 fully saturated rings. The molecule has 0 radical (unpaired) electrons. The van der Waals surface area contributed by atoms with E-state index in [0.717, 1.165) is 28.4 Å². The highest BCUT2D eigenvalue weighted by molar-refractivity contribution is 7.15. The minimum Gasteiger partial charge on any atom is -0.282 e. The van der Waals surface area contributed by atoms with Crippen molar-refractivity contribution < 1.29 is 4.79 Å². The zero-order valence-electron chi connectivity index (χ0n) is 17.7. The van der Waals surface area contributed by atoms with E-state index in [9.17, 15) is 4.79 Å². The fourth-order valence-electron chi connectivity index (χ4n) is 6.31. The Morgan fingerprint density at radius 2 is 1.62 bits per heavy atom. The van der Waals surface area contributed by atoms with E-state index in [1.54, 1.807) is 11.3 Å². The van der Waals surface area contributed by atoms with Crippen LogP contribution in [-0.4, -0.2) is 16.1 Å². The van der Waals surface area contributed by atoms with Gasteiger partial charge in [0, 0.05) is 10.8 Å². The van der Waals surface area contributed by atoms with Crippen molar-refractivity contribution in [3.63, 3.8) is 0 Å². The molecule has 1 heterocycles. The third kappa shape index (κ3) is 3.52. The summed E-state index contributed by atoms with van der Waals surface area (Å²) in [6.45, 7) is 6.49. The summed E-state index contributed by atoms with van der Waals surface area (Å²) < 4.78 is 0. The number of carbonyl (C=O) groups is 1. The smallest absolute Gasteiger partial charge is 0.234 e. The molecule has 154 valence electrons. The first-order valence-electron chi connectivity index (χ1n) is 11.0. The Labute approximate surface area is 177 Å². The topological polar surface area (TPSA) is 46.1 Å². The van der Waals surface area contributed by atoms with Crippen molar-refractivity contribution in [3.8, 4) is 0 Å². The number of carbonyl (C=O) groups excluding carboxylic acids is 1. The molecule has 1 aromatic carbocycles. The Hall–Kier alpha value is -1.75. The van der Waals surface area contributed by atoms with Crippen LogP contribution in [0.15, 0.2) is 30.3 Å². The highest BCUT2D eigenvalue weighted by Gasteiger charge is 2.53. The van der Waals surface area contributed by atoms with Gasteiger partial charge in [0.2, 0.25) is 11.0 Å². The first-order chi connectivity index (χ1) is 13.8. The molecule has 29 heavy (non-hydrogen) atoms. The number of benzene rings is 1. The molecule has 4 aliphatic carbocycles. The summed E-state index contributed by atoms with van der Waals surface area (Å²) >= 11 is 1.68. The van der Waals surface area contributed by atoms with Gasteiger partial charge in [-0.2, -0.15) is 0 Å². The van der Waals surface area contributed by atoms with E-state index in [1.807, 2.05) is 43.9 Å². The Kier molecular flexibility index (Phi) is 4.57. The summed E-state index contributed by atoms with van der Waals surface area (Å²) in [6.07, 6.45) is 8.10. The molecule has 0 saturated heterocycles. The van der Waals surface area contributed by atoms with Gasteiger partial charge in [0.1, 0.15) is 5.01 Å². The highest BCUT2D eigenvalue weighted by atomic mass is 32.1. The van der Waals surface area contributed by atoms with Crippen LogP contribution in [0, 0.1) is 23.2 Å². The predicted octanol–water partition coefficient (Wildman–Crippen LogP) is 5.59. The van der Waals surface area contributed by atoms with E-state index in [1.165, 1.54) is 43.5 Å². The molecular formula is C24H31N3OS. The average molecular weight is 410 g/mol. The normalized spacial score (nSPS) is 30.5. The number of hydrogen-bond donors (Lipinski definition) is 0. The maximum Gasteiger partial charge on any atom is 0.234 e. The molecule has 4 bridgehead atoms. The van der Waals surface area contributed by atoms with Gasteiger partial charge in [-0.15, -0.1) is 10.2 Å². The fourth-order valence-corrected chi connectivity index (χ4v) is 7.37. The van der Waals surface area contributed by atoms with Gasteiger partial charge < -0.3 is 0 Å². The zero-order valence-corrected chi connectivity index (χ0v) is 18.5. The lowest BCUT2D eigenvalue weighted by molar-refractivity contribution is -0.125. The van der Waals surface area contributed by atoms with Crippen molar-refractivity contribution in [3.05, 3.63) is 40.9 Å². The van der Waals surface area contributed by atoms with E-state index < -0.39 is 5.41 Å². The van der Waals surface area contributed by atoms with Crippen molar-refractivity contribution in [2.75, 3.05) is 4.90 Å². The van der Waals surface area contributed by atoms with Crippen LogP contribution in [0.3, 0.4) is 0 Å². The number of anilines is 1. The third-order valence-corrected chi connectivity index (χ3v) is 8.40. The lowest BCUT2D eigenvalue weighted by atomic mass is 9.50. The standard InChI is InChI=1S/C24H31N3OS/c1-23(2,3)21(28)27(15-16-7-5-4-6-8-16)22-26-25-20(29-22)24-12-17-9-18(13-24)11-19(10-17)14-24/h4-8,17-19H,9-15H2,1-3H3. The van der Waals surface area contributed by atoms with Gasteiger partial charge in [0.15, 0.2) is 0 Å². The highest BCUT2D eigenvalue weighted by Crippen LogP contribution is 2.61. The lowest BCUT2D eigenvalue weighted by Gasteiger charge is -2.55. The van der Waals surface area contributed by atoms with Crippen LogP contribution in [0.5, 0.6) is 0 Å². The van der Waals surface area contributed by atoms with E-state index in [2.05, 4.69) is 17.2 Å². The summed E-state index contributed by atoms with van der Waals surface area (Å²) in [5.41, 5.74) is 0.895. The summed E-state index contributed by atoms with van der Waals surface area (Å²) in [5.74, 6) is 2.75. The lowest BCUT2D eigenvalue weighted by Crippen LogP contribution is -2.48. The van der Waals surface area contributed by atoms with Gasteiger partial charge in [0.25, 0.3) is 0 Å². The molecule has 0 aliphatic heterocycles. The van der Waals surface area contributed by atoms with E-state index in [4.69, 9.17) is 5.10 Å². The third-order valence-electron chi connectivity index (χ3n) is 7.21. The molecule has 5 heteroatoms. The summed E-state index contributed by atoms with van der Waals surface area (Å²) in [4.78, 5) is 15.1. The molecular weight excluding hydrogens is 378 g/mol. The van der Waals surface area contributed by atoms with Crippen LogP contribution in [0.25, 0.3) is 0 Å². The maximum atomic E-state index is 13.3. The molecule has 0 atom stereocenters. The van der Waals surface area contributed by atoms with Gasteiger partial charge >= 0.3 is 0 Å². The van der Waals surface area contributed by atoms with Crippen LogP contribution in [0.1, 0.15) is 69.9 Å². The summed E-state index contributed by atoms with van der Waals surface area (Å²) in [7, 11) is 0. The second-order valence-corrected chi connectivity index (χ2v) is 11.7. The average Bonchev–Trinajstić information content (AvgIpc) is 3.15. The van der Waals surface area contributed by atoms with Crippen LogP contribution in [0.4, 0.5) is 5.13 Å². The minimum absolute atomic E-state index is 0.106. The minimum atomic E-state index is -0.457. The fraction of sp³-hybridized carbons (Fsp3) is 0.625. The van der Waals surface area contributed by atoms with Gasteiger partial charge in [-0.25, -0.2) is 0 Å². The van der Waals surface area contributed by atoms with Gasteiger partial charge in [0.05, 0.1) is 6.54 Å². The van der Waals surface area contributed by atoms with Crippen molar-refractivity contribution in [2.24, 2.45) is 23.2 Å². The van der Waals surface area contributed by atoms with Crippen LogP contribution in [0.2, 0.25) is 0 Å². The molecule has 4 nitrogen and oxygen atoms in total. The monoisotopic (exact) mass is 409 g/mol. The van der Waals surface area contributed by atoms with Gasteiger partial charge in [-0.3, -0.25) is 9.69 Å². The first kappa shape index (κ1) is 19.2. The second kappa shape index (κ2) is 6.90. The molecule has 4 aliphatic rings. The van der Waals surface area contributed by atoms with Gasteiger partial charge in [-0.05, 0) is 61.8 Å². The second-order valence-electron chi connectivity index (χ2n) is 10.7. The van der Waals surface area contributed by atoms with E-state index >= 15 is 0 Å². The number of nitrogens with zero attached hydrogens (tertiary/aromatic N) is 3. The number of amides is 1.